The maximum Gasteiger partial charge on any atom is 0.133 e. The fourth-order valence-corrected chi connectivity index (χ4v) is 1.55. The Morgan fingerprint density at radius 2 is 2.27 bits per heavy atom. The first-order valence-electron chi connectivity index (χ1n) is 4.73. The fourth-order valence-electron chi connectivity index (χ4n) is 1.04. The summed E-state index contributed by atoms with van der Waals surface area (Å²) in [5.74, 6) is 1.30. The number of halogens is 1. The van der Waals surface area contributed by atoms with Crippen molar-refractivity contribution in [3.8, 4) is 5.75 Å². The van der Waals surface area contributed by atoms with Crippen molar-refractivity contribution >= 4 is 22.1 Å². The molecule has 0 saturated heterocycles. The quantitative estimate of drug-likeness (QED) is 0.519. The van der Waals surface area contributed by atoms with E-state index in [0.717, 1.165) is 15.8 Å². The first-order chi connectivity index (χ1) is 7.13. The molecule has 0 heterocycles. The number of nitrogens with zero attached hydrogens (tertiary/aromatic N) is 1. The molecule has 0 unspecified atom stereocenters. The number of ether oxygens (including phenoxy) is 1. The molecule has 0 aliphatic heterocycles. The minimum absolute atomic E-state index is 0.496. The molecular weight excluding hydrogens is 258 g/mol. The van der Waals surface area contributed by atoms with Crippen LogP contribution < -0.4 is 4.74 Å². The first-order valence-corrected chi connectivity index (χ1v) is 5.52. The molecule has 0 radical (unpaired) electrons. The average Bonchev–Trinajstić information content (AvgIpc) is 2.17. The highest BCUT2D eigenvalue weighted by Crippen LogP contribution is 2.25. The van der Waals surface area contributed by atoms with E-state index in [-0.39, 0.29) is 0 Å². The van der Waals surface area contributed by atoms with Crippen LogP contribution >= 0.6 is 15.9 Å². The van der Waals surface area contributed by atoms with E-state index < -0.39 is 0 Å². The van der Waals surface area contributed by atoms with E-state index in [0.29, 0.717) is 12.5 Å². The molecule has 1 rings (SSSR count). The Balaban J connectivity index is 2.74. The van der Waals surface area contributed by atoms with Gasteiger partial charge in [-0.05, 0) is 45.6 Å². The Bertz CT molecular complexity index is 350. The van der Waals surface area contributed by atoms with Crippen LogP contribution in [0.5, 0.6) is 5.75 Å². The Morgan fingerprint density at radius 1 is 1.53 bits per heavy atom. The van der Waals surface area contributed by atoms with Crippen LogP contribution in [-0.2, 0) is 0 Å². The van der Waals surface area contributed by atoms with E-state index in [4.69, 9.17) is 9.94 Å². The normalized spacial score (nSPS) is 11.2. The van der Waals surface area contributed by atoms with Crippen LogP contribution in [0.25, 0.3) is 0 Å². The smallest absolute Gasteiger partial charge is 0.133 e. The molecule has 1 N–H and O–H groups in total. The number of hydrogen-bond donors (Lipinski definition) is 1. The number of hydrogen-bond acceptors (Lipinski definition) is 3. The van der Waals surface area contributed by atoms with Crippen LogP contribution in [0, 0.1) is 5.92 Å². The Kier molecular flexibility index (Phi) is 4.62. The van der Waals surface area contributed by atoms with Gasteiger partial charge in [0.1, 0.15) is 5.75 Å². The van der Waals surface area contributed by atoms with Crippen LogP contribution in [-0.4, -0.2) is 18.0 Å². The standard InChI is InChI=1S/C11H14BrNO2/c1-8(2)7-15-11-4-3-9(6-13-14)5-10(11)12/h3-6,8,14H,7H2,1-2H3. The van der Waals surface area contributed by atoms with Gasteiger partial charge in [-0.2, -0.15) is 0 Å². The van der Waals surface area contributed by atoms with Gasteiger partial charge < -0.3 is 9.94 Å². The molecule has 0 aromatic heterocycles. The number of benzene rings is 1. The lowest BCUT2D eigenvalue weighted by atomic mass is 10.2. The van der Waals surface area contributed by atoms with Gasteiger partial charge in [0.25, 0.3) is 0 Å². The van der Waals surface area contributed by atoms with Gasteiger partial charge in [-0.25, -0.2) is 0 Å². The molecule has 0 aliphatic carbocycles. The molecule has 0 spiro atoms. The Hall–Kier alpha value is -1.03. The maximum atomic E-state index is 8.38. The van der Waals surface area contributed by atoms with E-state index >= 15 is 0 Å². The average molecular weight is 272 g/mol. The van der Waals surface area contributed by atoms with Gasteiger partial charge in [0.05, 0.1) is 17.3 Å². The highest BCUT2D eigenvalue weighted by molar-refractivity contribution is 9.10. The summed E-state index contributed by atoms with van der Waals surface area (Å²) < 4.78 is 6.44. The molecule has 0 amide bonds. The van der Waals surface area contributed by atoms with Crippen molar-refractivity contribution in [3.05, 3.63) is 28.2 Å². The van der Waals surface area contributed by atoms with Gasteiger partial charge in [0.2, 0.25) is 0 Å². The van der Waals surface area contributed by atoms with E-state index in [1.54, 1.807) is 0 Å². The van der Waals surface area contributed by atoms with Crippen LogP contribution in [0.2, 0.25) is 0 Å². The Labute approximate surface area is 97.9 Å². The lowest BCUT2D eigenvalue weighted by Crippen LogP contribution is -2.04. The molecular formula is C11H14BrNO2. The van der Waals surface area contributed by atoms with Crippen LogP contribution in [0.1, 0.15) is 19.4 Å². The third-order valence-corrected chi connectivity index (χ3v) is 2.35. The maximum absolute atomic E-state index is 8.38. The molecule has 0 saturated carbocycles. The lowest BCUT2D eigenvalue weighted by Gasteiger charge is -2.10. The van der Waals surface area contributed by atoms with Crippen LogP contribution in [0.4, 0.5) is 0 Å². The van der Waals surface area contributed by atoms with Gasteiger partial charge in [-0.15, -0.1) is 0 Å². The summed E-state index contributed by atoms with van der Waals surface area (Å²) in [6.07, 6.45) is 1.37. The molecule has 0 bridgehead atoms. The SMILES string of the molecule is CC(C)COc1ccc(C=NO)cc1Br. The molecule has 1 aromatic rings. The highest BCUT2D eigenvalue weighted by atomic mass is 79.9. The Morgan fingerprint density at radius 3 is 2.80 bits per heavy atom. The second-order valence-corrected chi connectivity index (χ2v) is 4.49. The second kappa shape index (κ2) is 5.75. The largest absolute Gasteiger partial charge is 0.492 e. The minimum atomic E-state index is 0.496. The summed E-state index contributed by atoms with van der Waals surface area (Å²) in [5.41, 5.74) is 0.821. The molecule has 15 heavy (non-hydrogen) atoms. The van der Waals surface area contributed by atoms with Gasteiger partial charge in [0.15, 0.2) is 0 Å². The third-order valence-electron chi connectivity index (χ3n) is 1.73. The van der Waals surface area contributed by atoms with Crippen molar-refractivity contribution in [1.82, 2.24) is 0 Å². The highest BCUT2D eigenvalue weighted by Gasteiger charge is 2.03. The summed E-state index contributed by atoms with van der Waals surface area (Å²) in [6.45, 7) is 4.88. The van der Waals surface area contributed by atoms with Crippen molar-refractivity contribution in [1.29, 1.82) is 0 Å². The number of oxime groups is 1. The van der Waals surface area contributed by atoms with E-state index in [2.05, 4.69) is 34.9 Å². The fraction of sp³-hybridized carbons (Fsp3) is 0.364. The van der Waals surface area contributed by atoms with Gasteiger partial charge in [-0.3, -0.25) is 0 Å². The van der Waals surface area contributed by atoms with Gasteiger partial charge in [-0.1, -0.05) is 19.0 Å². The van der Waals surface area contributed by atoms with Crippen LogP contribution in [0.3, 0.4) is 0 Å². The summed E-state index contributed by atoms with van der Waals surface area (Å²) in [6, 6.07) is 5.53. The molecule has 0 atom stereocenters. The number of rotatable bonds is 4. The zero-order chi connectivity index (χ0) is 11.3. The molecule has 1 aromatic carbocycles. The van der Waals surface area contributed by atoms with E-state index in [1.807, 2.05) is 18.2 Å². The van der Waals surface area contributed by atoms with E-state index in [9.17, 15) is 0 Å². The van der Waals surface area contributed by atoms with Crippen molar-refractivity contribution in [2.24, 2.45) is 11.1 Å². The zero-order valence-electron chi connectivity index (χ0n) is 8.77. The third kappa shape index (κ3) is 3.91. The monoisotopic (exact) mass is 271 g/mol. The van der Waals surface area contributed by atoms with Gasteiger partial charge >= 0.3 is 0 Å². The van der Waals surface area contributed by atoms with Crippen molar-refractivity contribution < 1.29 is 9.94 Å². The van der Waals surface area contributed by atoms with Crippen molar-refractivity contribution in [3.63, 3.8) is 0 Å². The summed E-state index contributed by atoms with van der Waals surface area (Å²) >= 11 is 3.40. The second-order valence-electron chi connectivity index (χ2n) is 3.64. The molecule has 0 fully saturated rings. The molecule has 82 valence electrons. The molecule has 3 nitrogen and oxygen atoms in total. The first kappa shape index (κ1) is 12.0. The minimum Gasteiger partial charge on any atom is -0.492 e. The predicted octanol–water partition coefficient (Wildman–Crippen LogP) is 3.29. The van der Waals surface area contributed by atoms with Crippen molar-refractivity contribution in [2.75, 3.05) is 6.61 Å². The van der Waals surface area contributed by atoms with Gasteiger partial charge in [0, 0.05) is 0 Å². The van der Waals surface area contributed by atoms with Crippen molar-refractivity contribution in [2.45, 2.75) is 13.8 Å². The lowest BCUT2D eigenvalue weighted by molar-refractivity contribution is 0.269. The van der Waals surface area contributed by atoms with Crippen LogP contribution in [0.15, 0.2) is 27.8 Å². The summed E-state index contributed by atoms with van der Waals surface area (Å²) in [5, 5.41) is 11.3. The molecule has 0 aliphatic rings. The predicted molar refractivity (Wildman–Crippen MR) is 63.9 cm³/mol. The zero-order valence-corrected chi connectivity index (χ0v) is 10.4. The van der Waals surface area contributed by atoms with E-state index in [1.165, 1.54) is 6.21 Å². The summed E-state index contributed by atoms with van der Waals surface area (Å²) in [4.78, 5) is 0. The summed E-state index contributed by atoms with van der Waals surface area (Å²) in [7, 11) is 0. The topological polar surface area (TPSA) is 41.8 Å². The molecule has 4 heteroatoms.